The van der Waals surface area contributed by atoms with Crippen molar-refractivity contribution in [2.45, 2.75) is 18.9 Å². The van der Waals surface area contributed by atoms with Crippen molar-refractivity contribution in [2.24, 2.45) is 5.92 Å². The molecule has 5 heteroatoms. The van der Waals surface area contributed by atoms with Gasteiger partial charge in [0.1, 0.15) is 6.29 Å². The zero-order valence-electron chi connectivity index (χ0n) is 8.19. The molecule has 1 aliphatic heterocycles. The number of ether oxygens (including phenoxy) is 2. The van der Waals surface area contributed by atoms with Crippen LogP contribution in [0.4, 0.5) is 4.79 Å². The number of amides is 1. The number of aldehydes is 1. The lowest BCUT2D eigenvalue weighted by atomic mass is 9.93. The Morgan fingerprint density at radius 1 is 1.57 bits per heavy atom. The fourth-order valence-corrected chi connectivity index (χ4v) is 1.53. The van der Waals surface area contributed by atoms with E-state index in [-0.39, 0.29) is 5.92 Å². The number of alkyl carbamates (subject to hydrolysis) is 1. The SMILES string of the molecule is COC(=O)NC(C=O)C1CCOCC1. The molecule has 1 atom stereocenters. The third kappa shape index (κ3) is 2.99. The highest BCUT2D eigenvalue weighted by Crippen LogP contribution is 2.17. The lowest BCUT2D eigenvalue weighted by Gasteiger charge is -2.26. The van der Waals surface area contributed by atoms with E-state index in [0.29, 0.717) is 13.2 Å². The first-order valence-corrected chi connectivity index (χ1v) is 4.65. The van der Waals surface area contributed by atoms with Gasteiger partial charge in [0.25, 0.3) is 0 Å². The van der Waals surface area contributed by atoms with Gasteiger partial charge in [0.2, 0.25) is 0 Å². The van der Waals surface area contributed by atoms with Crippen LogP contribution in [0.5, 0.6) is 0 Å². The molecule has 1 fully saturated rings. The molecule has 0 aliphatic carbocycles. The van der Waals surface area contributed by atoms with Gasteiger partial charge in [-0.1, -0.05) is 0 Å². The number of carbonyl (C=O) groups is 2. The summed E-state index contributed by atoms with van der Waals surface area (Å²) in [7, 11) is 1.28. The zero-order valence-corrected chi connectivity index (χ0v) is 8.19. The highest BCUT2D eigenvalue weighted by atomic mass is 16.5. The van der Waals surface area contributed by atoms with Crippen LogP contribution in [0.3, 0.4) is 0 Å². The molecule has 1 unspecified atom stereocenters. The summed E-state index contributed by atoms with van der Waals surface area (Å²) in [5, 5.41) is 2.50. The van der Waals surface area contributed by atoms with Crippen LogP contribution in [0.1, 0.15) is 12.8 Å². The van der Waals surface area contributed by atoms with Gasteiger partial charge >= 0.3 is 6.09 Å². The normalized spacial score (nSPS) is 19.8. The summed E-state index contributed by atoms with van der Waals surface area (Å²) >= 11 is 0. The fraction of sp³-hybridized carbons (Fsp3) is 0.778. The molecule has 14 heavy (non-hydrogen) atoms. The van der Waals surface area contributed by atoms with Crippen LogP contribution in [0.2, 0.25) is 0 Å². The summed E-state index contributed by atoms with van der Waals surface area (Å²) in [6.45, 7) is 1.30. The van der Waals surface area contributed by atoms with Crippen LogP contribution in [-0.2, 0) is 14.3 Å². The van der Waals surface area contributed by atoms with Crippen LogP contribution in [0.15, 0.2) is 0 Å². The molecule has 0 spiro atoms. The van der Waals surface area contributed by atoms with Crippen LogP contribution < -0.4 is 5.32 Å². The van der Waals surface area contributed by atoms with Crippen LogP contribution in [-0.4, -0.2) is 38.7 Å². The topological polar surface area (TPSA) is 64.6 Å². The van der Waals surface area contributed by atoms with Crippen molar-refractivity contribution in [3.63, 3.8) is 0 Å². The second-order valence-corrected chi connectivity index (χ2v) is 3.25. The van der Waals surface area contributed by atoms with Gasteiger partial charge in [-0.25, -0.2) is 4.79 Å². The highest BCUT2D eigenvalue weighted by molar-refractivity contribution is 5.73. The summed E-state index contributed by atoms with van der Waals surface area (Å²) < 4.78 is 9.60. The third-order valence-corrected chi connectivity index (χ3v) is 2.39. The molecule has 1 saturated heterocycles. The fourth-order valence-electron chi connectivity index (χ4n) is 1.53. The Bertz CT molecular complexity index is 201. The second-order valence-electron chi connectivity index (χ2n) is 3.25. The highest BCUT2D eigenvalue weighted by Gasteiger charge is 2.25. The van der Waals surface area contributed by atoms with Crippen LogP contribution in [0, 0.1) is 5.92 Å². The minimum absolute atomic E-state index is 0.167. The minimum atomic E-state index is -0.561. The van der Waals surface area contributed by atoms with E-state index < -0.39 is 12.1 Å². The first kappa shape index (κ1) is 11.0. The van der Waals surface area contributed by atoms with Crippen LogP contribution in [0.25, 0.3) is 0 Å². The predicted octanol–water partition coefficient (Wildman–Crippen LogP) is 0.336. The lowest BCUT2D eigenvalue weighted by molar-refractivity contribution is -0.111. The van der Waals surface area contributed by atoms with Crippen molar-refractivity contribution < 1.29 is 19.1 Å². The van der Waals surface area contributed by atoms with Gasteiger partial charge in [-0.2, -0.15) is 0 Å². The number of hydrogen-bond donors (Lipinski definition) is 1. The van der Waals surface area contributed by atoms with Crippen molar-refractivity contribution >= 4 is 12.4 Å². The van der Waals surface area contributed by atoms with Gasteiger partial charge < -0.3 is 19.6 Å². The molecule has 5 nitrogen and oxygen atoms in total. The molecule has 1 aliphatic rings. The lowest BCUT2D eigenvalue weighted by Crippen LogP contribution is -2.43. The van der Waals surface area contributed by atoms with E-state index >= 15 is 0 Å². The number of carbonyl (C=O) groups excluding carboxylic acids is 2. The minimum Gasteiger partial charge on any atom is -0.453 e. The van der Waals surface area contributed by atoms with Gasteiger partial charge in [0, 0.05) is 13.2 Å². The Morgan fingerprint density at radius 3 is 2.71 bits per heavy atom. The first-order valence-electron chi connectivity index (χ1n) is 4.65. The average Bonchev–Trinajstić information content (AvgIpc) is 2.26. The molecular weight excluding hydrogens is 186 g/mol. The monoisotopic (exact) mass is 201 g/mol. The van der Waals surface area contributed by atoms with Crippen LogP contribution >= 0.6 is 0 Å². The molecule has 0 aromatic carbocycles. The van der Waals surface area contributed by atoms with Crippen molar-refractivity contribution in [3.8, 4) is 0 Å². The summed E-state index contributed by atoms with van der Waals surface area (Å²) in [6.07, 6.45) is 1.79. The van der Waals surface area contributed by atoms with Crippen molar-refractivity contribution in [1.82, 2.24) is 5.32 Å². The summed E-state index contributed by atoms with van der Waals surface area (Å²) in [6, 6.07) is -0.452. The van der Waals surface area contributed by atoms with Crippen molar-refractivity contribution in [3.05, 3.63) is 0 Å². The van der Waals surface area contributed by atoms with E-state index in [9.17, 15) is 9.59 Å². The summed E-state index contributed by atoms with van der Waals surface area (Å²) in [4.78, 5) is 21.6. The average molecular weight is 201 g/mol. The third-order valence-electron chi connectivity index (χ3n) is 2.39. The van der Waals surface area contributed by atoms with Gasteiger partial charge in [-0.3, -0.25) is 0 Å². The summed E-state index contributed by atoms with van der Waals surface area (Å²) in [5.41, 5.74) is 0. The first-order chi connectivity index (χ1) is 6.77. The van der Waals surface area contributed by atoms with Crippen molar-refractivity contribution in [1.29, 1.82) is 0 Å². The molecule has 0 saturated carbocycles. The Balaban J connectivity index is 2.43. The van der Waals surface area contributed by atoms with Gasteiger partial charge in [-0.15, -0.1) is 0 Å². The van der Waals surface area contributed by atoms with E-state index in [4.69, 9.17) is 4.74 Å². The summed E-state index contributed by atoms with van der Waals surface area (Å²) in [5.74, 6) is 0.167. The largest absolute Gasteiger partial charge is 0.453 e. The molecular formula is C9H15NO4. The van der Waals surface area contributed by atoms with Gasteiger partial charge in [0.15, 0.2) is 0 Å². The molecule has 1 N–H and O–H groups in total. The quantitative estimate of drug-likeness (QED) is 0.668. The van der Waals surface area contributed by atoms with E-state index in [1.54, 1.807) is 0 Å². The molecule has 1 heterocycles. The van der Waals surface area contributed by atoms with Gasteiger partial charge in [-0.05, 0) is 18.8 Å². The molecule has 0 bridgehead atoms. The predicted molar refractivity (Wildman–Crippen MR) is 48.9 cm³/mol. The van der Waals surface area contributed by atoms with E-state index in [1.165, 1.54) is 7.11 Å². The number of hydrogen-bond acceptors (Lipinski definition) is 4. The van der Waals surface area contributed by atoms with E-state index in [1.807, 2.05) is 0 Å². The molecule has 1 amide bonds. The molecule has 0 radical (unpaired) electrons. The number of rotatable bonds is 3. The Kier molecular flexibility index (Phi) is 4.39. The maximum absolute atomic E-state index is 10.9. The maximum Gasteiger partial charge on any atom is 0.407 e. The maximum atomic E-state index is 10.9. The second kappa shape index (κ2) is 5.59. The van der Waals surface area contributed by atoms with Crippen molar-refractivity contribution in [2.75, 3.05) is 20.3 Å². The molecule has 80 valence electrons. The number of methoxy groups -OCH3 is 1. The Morgan fingerprint density at radius 2 is 2.21 bits per heavy atom. The molecule has 0 aromatic heterocycles. The van der Waals surface area contributed by atoms with E-state index in [0.717, 1.165) is 19.1 Å². The van der Waals surface area contributed by atoms with E-state index in [2.05, 4.69) is 10.1 Å². The number of nitrogens with one attached hydrogen (secondary N) is 1. The molecule has 0 aromatic rings. The zero-order chi connectivity index (χ0) is 10.4. The Hall–Kier alpha value is -1.10. The Labute approximate surface area is 82.8 Å². The standard InChI is InChI=1S/C9H15NO4/c1-13-9(12)10-8(6-11)7-2-4-14-5-3-7/h6-8H,2-5H2,1H3,(H,10,12). The smallest absolute Gasteiger partial charge is 0.407 e. The van der Waals surface area contributed by atoms with Gasteiger partial charge in [0.05, 0.1) is 13.2 Å². The molecule has 1 rings (SSSR count).